The van der Waals surface area contributed by atoms with Gasteiger partial charge in [-0.2, -0.15) is 26.3 Å². The van der Waals surface area contributed by atoms with E-state index in [9.17, 15) is 31.1 Å². The standard InChI is InChI=1S/C23H32F6O2/c1-3-5-6-7-8-9-10-11-13-18(12-4-2)31-21(30)19-16-17(22(24,25)26)14-15-20(19)23(27,28)29/h14-16,18H,3-13H2,1-2H3. The van der Waals surface area contributed by atoms with Crippen LogP contribution in [0.15, 0.2) is 18.2 Å². The molecular formula is C23H32F6O2. The van der Waals surface area contributed by atoms with Crippen molar-refractivity contribution in [3.8, 4) is 0 Å². The molecule has 0 amide bonds. The monoisotopic (exact) mass is 454 g/mol. The summed E-state index contributed by atoms with van der Waals surface area (Å²) in [5.74, 6) is -1.36. The van der Waals surface area contributed by atoms with Gasteiger partial charge in [0.15, 0.2) is 0 Å². The van der Waals surface area contributed by atoms with Crippen LogP contribution >= 0.6 is 0 Å². The SMILES string of the molecule is CCCCCCCCCCC(CCC)OC(=O)c1cc(C(F)(F)F)ccc1C(F)(F)F. The Hall–Kier alpha value is -1.73. The summed E-state index contributed by atoms with van der Waals surface area (Å²) in [6, 6.07) is 0.834. The summed E-state index contributed by atoms with van der Waals surface area (Å²) in [6.07, 6.45) is -0.316. The van der Waals surface area contributed by atoms with Crippen LogP contribution in [0.25, 0.3) is 0 Å². The Labute approximate surface area is 180 Å². The Bertz CT molecular complexity index is 667. The molecule has 31 heavy (non-hydrogen) atoms. The number of rotatable bonds is 13. The molecule has 8 heteroatoms. The lowest BCUT2D eigenvalue weighted by Crippen LogP contribution is -2.22. The summed E-state index contributed by atoms with van der Waals surface area (Å²) in [5.41, 5.74) is -3.84. The third-order valence-electron chi connectivity index (χ3n) is 5.14. The fraction of sp³-hybridized carbons (Fsp3) is 0.696. The van der Waals surface area contributed by atoms with Crippen molar-refractivity contribution < 1.29 is 35.9 Å². The second-order valence-corrected chi connectivity index (χ2v) is 7.84. The van der Waals surface area contributed by atoms with Crippen molar-refractivity contribution in [2.45, 2.75) is 103 Å². The molecule has 0 spiro atoms. The third kappa shape index (κ3) is 9.95. The summed E-state index contributed by atoms with van der Waals surface area (Å²) in [4.78, 5) is 12.4. The summed E-state index contributed by atoms with van der Waals surface area (Å²) in [6.45, 7) is 3.99. The van der Waals surface area contributed by atoms with Gasteiger partial charge in [-0.05, 0) is 37.5 Å². The number of hydrogen-bond acceptors (Lipinski definition) is 2. The Kier molecular flexibility index (Phi) is 11.4. The number of alkyl halides is 6. The smallest absolute Gasteiger partial charge is 0.417 e. The molecule has 0 aliphatic heterocycles. The largest absolute Gasteiger partial charge is 0.459 e. The molecule has 0 fully saturated rings. The first-order valence-corrected chi connectivity index (χ1v) is 11.0. The van der Waals surface area contributed by atoms with Crippen LogP contribution in [0.2, 0.25) is 0 Å². The average Bonchev–Trinajstić information content (AvgIpc) is 2.68. The van der Waals surface area contributed by atoms with Crippen molar-refractivity contribution in [2.24, 2.45) is 0 Å². The molecule has 1 atom stereocenters. The minimum absolute atomic E-state index is 0.227. The molecule has 0 bridgehead atoms. The molecule has 1 rings (SSSR count). The molecule has 0 heterocycles. The van der Waals surface area contributed by atoms with E-state index in [1.807, 2.05) is 6.92 Å². The lowest BCUT2D eigenvalue weighted by molar-refractivity contribution is -0.141. The van der Waals surface area contributed by atoms with E-state index in [4.69, 9.17) is 4.74 Å². The molecule has 0 saturated heterocycles. The van der Waals surface area contributed by atoms with Gasteiger partial charge < -0.3 is 4.74 Å². The molecular weight excluding hydrogens is 422 g/mol. The van der Waals surface area contributed by atoms with Gasteiger partial charge in [-0.3, -0.25) is 0 Å². The maximum absolute atomic E-state index is 13.2. The number of esters is 1. The maximum Gasteiger partial charge on any atom is 0.417 e. The normalized spacial score (nSPS) is 13.3. The molecule has 0 aliphatic rings. The van der Waals surface area contributed by atoms with Crippen molar-refractivity contribution in [3.63, 3.8) is 0 Å². The lowest BCUT2D eigenvalue weighted by atomic mass is 10.0. The van der Waals surface area contributed by atoms with Gasteiger partial charge in [0.1, 0.15) is 6.10 Å². The highest BCUT2D eigenvalue weighted by atomic mass is 19.4. The van der Waals surface area contributed by atoms with Crippen LogP contribution in [0.4, 0.5) is 26.3 Å². The van der Waals surface area contributed by atoms with Crippen molar-refractivity contribution >= 4 is 5.97 Å². The fourth-order valence-electron chi connectivity index (χ4n) is 3.44. The summed E-state index contributed by atoms with van der Waals surface area (Å²) in [5, 5.41) is 0. The number of halogens is 6. The van der Waals surface area contributed by atoms with Crippen molar-refractivity contribution in [1.29, 1.82) is 0 Å². The van der Waals surface area contributed by atoms with Gasteiger partial charge in [-0.15, -0.1) is 0 Å². The van der Waals surface area contributed by atoms with Crippen LogP contribution in [0, 0.1) is 0 Å². The first kappa shape index (κ1) is 27.3. The quantitative estimate of drug-likeness (QED) is 0.169. The van der Waals surface area contributed by atoms with Gasteiger partial charge in [-0.1, -0.05) is 65.2 Å². The Morgan fingerprint density at radius 2 is 1.39 bits per heavy atom. The van der Waals surface area contributed by atoms with Gasteiger partial charge in [0.2, 0.25) is 0 Å². The molecule has 178 valence electrons. The molecule has 0 radical (unpaired) electrons. The summed E-state index contributed by atoms with van der Waals surface area (Å²) < 4.78 is 83.8. The zero-order valence-electron chi connectivity index (χ0n) is 18.2. The molecule has 1 aromatic carbocycles. The van der Waals surface area contributed by atoms with Gasteiger partial charge in [0, 0.05) is 0 Å². The second kappa shape index (κ2) is 13.0. The van der Waals surface area contributed by atoms with Crippen molar-refractivity contribution in [2.75, 3.05) is 0 Å². The third-order valence-corrected chi connectivity index (χ3v) is 5.14. The van der Waals surface area contributed by atoms with E-state index in [2.05, 4.69) is 6.92 Å². The Morgan fingerprint density at radius 3 is 1.90 bits per heavy atom. The van der Waals surface area contributed by atoms with E-state index in [0.29, 0.717) is 25.3 Å². The lowest BCUT2D eigenvalue weighted by Gasteiger charge is -2.20. The van der Waals surface area contributed by atoms with Gasteiger partial charge >= 0.3 is 18.3 Å². The second-order valence-electron chi connectivity index (χ2n) is 7.84. The van der Waals surface area contributed by atoms with Gasteiger partial charge in [-0.25, -0.2) is 4.79 Å². The minimum Gasteiger partial charge on any atom is -0.459 e. The predicted octanol–water partition coefficient (Wildman–Crippen LogP) is 8.58. The van der Waals surface area contributed by atoms with E-state index in [1.165, 1.54) is 19.3 Å². The van der Waals surface area contributed by atoms with E-state index >= 15 is 0 Å². The number of carbonyl (C=O) groups is 1. The summed E-state index contributed by atoms with van der Waals surface area (Å²) >= 11 is 0. The molecule has 0 aromatic heterocycles. The number of hydrogen-bond donors (Lipinski definition) is 0. The van der Waals surface area contributed by atoms with E-state index in [-0.39, 0.29) is 12.1 Å². The van der Waals surface area contributed by atoms with Crippen LogP contribution in [0.3, 0.4) is 0 Å². The van der Waals surface area contributed by atoms with Crippen LogP contribution in [0.1, 0.15) is 106 Å². The molecule has 0 saturated carbocycles. The van der Waals surface area contributed by atoms with Crippen LogP contribution < -0.4 is 0 Å². The molecule has 1 aromatic rings. The number of unbranched alkanes of at least 4 members (excludes halogenated alkanes) is 7. The Balaban J connectivity index is 2.78. The molecule has 0 N–H and O–H groups in total. The highest BCUT2D eigenvalue weighted by Crippen LogP contribution is 2.37. The molecule has 2 nitrogen and oxygen atoms in total. The summed E-state index contributed by atoms with van der Waals surface area (Å²) in [7, 11) is 0. The zero-order chi connectivity index (χ0) is 23.5. The topological polar surface area (TPSA) is 26.3 Å². The maximum atomic E-state index is 13.2. The number of carbonyl (C=O) groups excluding carboxylic acids is 1. The first-order valence-electron chi connectivity index (χ1n) is 11.0. The highest BCUT2D eigenvalue weighted by molar-refractivity contribution is 5.91. The number of ether oxygens (including phenoxy) is 1. The predicted molar refractivity (Wildman–Crippen MR) is 108 cm³/mol. The van der Waals surface area contributed by atoms with E-state index in [1.54, 1.807) is 0 Å². The van der Waals surface area contributed by atoms with Gasteiger partial charge in [0.05, 0.1) is 16.7 Å². The highest BCUT2D eigenvalue weighted by Gasteiger charge is 2.39. The van der Waals surface area contributed by atoms with Crippen LogP contribution in [0.5, 0.6) is 0 Å². The molecule has 0 aliphatic carbocycles. The molecule has 1 unspecified atom stereocenters. The fourth-order valence-corrected chi connectivity index (χ4v) is 3.44. The minimum atomic E-state index is -4.96. The Morgan fingerprint density at radius 1 is 0.806 bits per heavy atom. The average molecular weight is 454 g/mol. The van der Waals surface area contributed by atoms with Crippen LogP contribution in [-0.2, 0) is 17.1 Å². The first-order chi connectivity index (χ1) is 14.5. The number of benzene rings is 1. The zero-order valence-corrected chi connectivity index (χ0v) is 18.2. The van der Waals surface area contributed by atoms with Crippen molar-refractivity contribution in [3.05, 3.63) is 34.9 Å². The van der Waals surface area contributed by atoms with Gasteiger partial charge in [0.25, 0.3) is 0 Å². The van der Waals surface area contributed by atoms with Crippen molar-refractivity contribution in [1.82, 2.24) is 0 Å². The van der Waals surface area contributed by atoms with E-state index in [0.717, 1.165) is 32.1 Å². The van der Waals surface area contributed by atoms with E-state index < -0.39 is 41.1 Å². The van der Waals surface area contributed by atoms with Crippen LogP contribution in [-0.4, -0.2) is 12.1 Å².